The Morgan fingerprint density at radius 3 is 2.52 bits per heavy atom. The van der Waals surface area contributed by atoms with Gasteiger partial charge in [0.25, 0.3) is 0 Å². The summed E-state index contributed by atoms with van der Waals surface area (Å²) in [5.74, 6) is 0.0759. The molecule has 134 valence electrons. The van der Waals surface area contributed by atoms with E-state index < -0.39 is 5.60 Å². The lowest BCUT2D eigenvalue weighted by Crippen LogP contribution is -2.37. The van der Waals surface area contributed by atoms with Crippen LogP contribution in [0.15, 0.2) is 42.5 Å². The summed E-state index contributed by atoms with van der Waals surface area (Å²) in [6.45, 7) is 8.80. The maximum absolute atomic E-state index is 12.0. The van der Waals surface area contributed by atoms with Crippen molar-refractivity contribution in [2.24, 2.45) is 5.92 Å². The molecule has 1 aromatic rings. The van der Waals surface area contributed by atoms with E-state index in [1.54, 1.807) is 19.1 Å². The van der Waals surface area contributed by atoms with Gasteiger partial charge < -0.3 is 9.47 Å². The number of carbonyl (C=O) groups excluding carboxylic acids is 2. The van der Waals surface area contributed by atoms with Gasteiger partial charge in [0.05, 0.1) is 0 Å². The monoisotopic (exact) mass is 342 g/mol. The molecule has 0 spiro atoms. The van der Waals surface area contributed by atoms with Crippen molar-refractivity contribution < 1.29 is 19.1 Å². The summed E-state index contributed by atoms with van der Waals surface area (Å²) in [4.78, 5) is 23.0. The molecule has 0 heterocycles. The second-order valence-electron chi connectivity index (χ2n) is 6.61. The first kappa shape index (κ1) is 19.0. The zero-order chi connectivity index (χ0) is 18.4. The summed E-state index contributed by atoms with van der Waals surface area (Å²) in [5, 5.41) is 0. The van der Waals surface area contributed by atoms with Crippen LogP contribution in [0.1, 0.15) is 52.0 Å². The average Bonchev–Trinajstić information content (AvgIpc) is 2.96. The minimum atomic E-state index is -0.440. The Labute approximate surface area is 149 Å². The Hall–Kier alpha value is -2.36. The van der Waals surface area contributed by atoms with E-state index in [-0.39, 0.29) is 17.9 Å². The predicted octanol–water partition coefficient (Wildman–Crippen LogP) is 4.69. The molecule has 0 saturated heterocycles. The lowest BCUT2D eigenvalue weighted by molar-refractivity contribution is -0.157. The van der Waals surface area contributed by atoms with Crippen LogP contribution in [0.2, 0.25) is 0 Å². The van der Waals surface area contributed by atoms with Crippen LogP contribution in [-0.2, 0) is 14.3 Å². The van der Waals surface area contributed by atoms with E-state index in [4.69, 9.17) is 9.47 Å². The molecule has 4 heteroatoms. The van der Waals surface area contributed by atoms with Crippen molar-refractivity contribution >= 4 is 18.0 Å². The molecule has 0 radical (unpaired) electrons. The van der Waals surface area contributed by atoms with Gasteiger partial charge in [-0.05, 0) is 50.3 Å². The van der Waals surface area contributed by atoms with E-state index in [0.717, 1.165) is 31.2 Å². The SMILES string of the molecule is C=C(C)C(=O)OC1(CC)CCCC1C=Cc1ccc(OC(C)=O)cc1. The van der Waals surface area contributed by atoms with Crippen LogP contribution in [0.3, 0.4) is 0 Å². The second-order valence-corrected chi connectivity index (χ2v) is 6.61. The van der Waals surface area contributed by atoms with Crippen LogP contribution in [-0.4, -0.2) is 17.5 Å². The van der Waals surface area contributed by atoms with Gasteiger partial charge in [0.2, 0.25) is 0 Å². The van der Waals surface area contributed by atoms with Crippen molar-refractivity contribution in [1.29, 1.82) is 0 Å². The lowest BCUT2D eigenvalue weighted by atomic mass is 9.87. The highest BCUT2D eigenvalue weighted by Gasteiger charge is 2.43. The van der Waals surface area contributed by atoms with E-state index in [0.29, 0.717) is 11.3 Å². The number of hydrogen-bond acceptors (Lipinski definition) is 4. The zero-order valence-electron chi connectivity index (χ0n) is 15.2. The third-order valence-electron chi connectivity index (χ3n) is 4.70. The number of hydrogen-bond donors (Lipinski definition) is 0. The number of esters is 2. The van der Waals surface area contributed by atoms with Crippen LogP contribution in [0, 0.1) is 5.92 Å². The van der Waals surface area contributed by atoms with E-state index in [1.165, 1.54) is 6.92 Å². The number of ether oxygens (including phenoxy) is 2. The van der Waals surface area contributed by atoms with Gasteiger partial charge in [-0.1, -0.05) is 37.8 Å². The minimum Gasteiger partial charge on any atom is -0.455 e. The van der Waals surface area contributed by atoms with Gasteiger partial charge in [-0.15, -0.1) is 0 Å². The normalized spacial score (nSPS) is 22.8. The highest BCUT2D eigenvalue weighted by molar-refractivity contribution is 5.87. The van der Waals surface area contributed by atoms with Crippen molar-refractivity contribution in [2.45, 2.75) is 52.1 Å². The molecule has 0 amide bonds. The Morgan fingerprint density at radius 1 is 1.28 bits per heavy atom. The fourth-order valence-corrected chi connectivity index (χ4v) is 3.29. The molecule has 0 N–H and O–H groups in total. The van der Waals surface area contributed by atoms with Gasteiger partial charge in [0.15, 0.2) is 0 Å². The summed E-state index contributed by atoms with van der Waals surface area (Å²) in [5.41, 5.74) is 1.01. The van der Waals surface area contributed by atoms with Gasteiger partial charge in [-0.25, -0.2) is 4.79 Å². The van der Waals surface area contributed by atoms with Crippen molar-refractivity contribution in [3.05, 3.63) is 48.1 Å². The van der Waals surface area contributed by atoms with E-state index in [1.807, 2.05) is 18.2 Å². The van der Waals surface area contributed by atoms with Gasteiger partial charge >= 0.3 is 11.9 Å². The van der Waals surface area contributed by atoms with Gasteiger partial charge in [-0.3, -0.25) is 4.79 Å². The number of rotatable bonds is 6. The minimum absolute atomic E-state index is 0.189. The maximum Gasteiger partial charge on any atom is 0.333 e. The molecule has 0 aromatic heterocycles. The molecule has 1 aliphatic carbocycles. The standard InChI is InChI=1S/C21H26O4/c1-5-21(25-20(23)15(2)3)14-6-7-18(21)11-8-17-9-12-19(13-10-17)24-16(4)22/h8-13,18H,2,5-7,14H2,1,3-4H3. The van der Waals surface area contributed by atoms with Gasteiger partial charge in [-0.2, -0.15) is 0 Å². The van der Waals surface area contributed by atoms with E-state index in [9.17, 15) is 9.59 Å². The predicted molar refractivity (Wildman–Crippen MR) is 98.1 cm³/mol. The lowest BCUT2D eigenvalue weighted by Gasteiger charge is -2.33. The van der Waals surface area contributed by atoms with Crippen molar-refractivity contribution in [3.8, 4) is 5.75 Å². The summed E-state index contributed by atoms with van der Waals surface area (Å²) < 4.78 is 10.9. The quantitative estimate of drug-likeness (QED) is 0.427. The third kappa shape index (κ3) is 4.81. The van der Waals surface area contributed by atoms with Gasteiger partial charge in [0.1, 0.15) is 11.4 Å². The Bertz CT molecular complexity index is 672. The molecule has 1 saturated carbocycles. The smallest absolute Gasteiger partial charge is 0.333 e. The number of benzene rings is 1. The molecule has 4 nitrogen and oxygen atoms in total. The van der Waals surface area contributed by atoms with E-state index >= 15 is 0 Å². The fourth-order valence-electron chi connectivity index (χ4n) is 3.29. The molecule has 0 aliphatic heterocycles. The first-order valence-electron chi connectivity index (χ1n) is 8.72. The number of carbonyl (C=O) groups is 2. The fraction of sp³-hybridized carbons (Fsp3) is 0.429. The summed E-state index contributed by atoms with van der Waals surface area (Å²) in [6, 6.07) is 7.34. The molecule has 0 bridgehead atoms. The van der Waals surface area contributed by atoms with Crippen LogP contribution in [0.25, 0.3) is 6.08 Å². The van der Waals surface area contributed by atoms with Crippen molar-refractivity contribution in [2.75, 3.05) is 0 Å². The Balaban J connectivity index is 2.11. The van der Waals surface area contributed by atoms with Crippen molar-refractivity contribution in [3.63, 3.8) is 0 Å². The van der Waals surface area contributed by atoms with Crippen molar-refractivity contribution in [1.82, 2.24) is 0 Å². The Morgan fingerprint density at radius 2 is 1.96 bits per heavy atom. The Kier molecular flexibility index (Phi) is 6.18. The molecule has 1 aliphatic rings. The average molecular weight is 342 g/mol. The summed E-state index contributed by atoms with van der Waals surface area (Å²) >= 11 is 0. The van der Waals surface area contributed by atoms with Crippen LogP contribution >= 0.6 is 0 Å². The molecular weight excluding hydrogens is 316 g/mol. The first-order chi connectivity index (χ1) is 11.9. The zero-order valence-corrected chi connectivity index (χ0v) is 15.2. The van der Waals surface area contributed by atoms with Crippen LogP contribution < -0.4 is 4.74 Å². The molecule has 2 rings (SSSR count). The first-order valence-corrected chi connectivity index (χ1v) is 8.72. The molecule has 2 atom stereocenters. The highest BCUT2D eigenvalue weighted by Crippen LogP contribution is 2.42. The maximum atomic E-state index is 12.0. The van der Waals surface area contributed by atoms with Gasteiger partial charge in [0, 0.05) is 18.4 Å². The molecule has 25 heavy (non-hydrogen) atoms. The molecule has 1 aromatic carbocycles. The molecule has 1 fully saturated rings. The second kappa shape index (κ2) is 8.15. The molecular formula is C21H26O4. The van der Waals surface area contributed by atoms with Crippen LogP contribution in [0.4, 0.5) is 0 Å². The third-order valence-corrected chi connectivity index (χ3v) is 4.70. The largest absolute Gasteiger partial charge is 0.455 e. The van der Waals surface area contributed by atoms with Crippen LogP contribution in [0.5, 0.6) is 5.75 Å². The topological polar surface area (TPSA) is 52.6 Å². The van der Waals surface area contributed by atoms with E-state index in [2.05, 4.69) is 19.6 Å². The molecule has 2 unspecified atom stereocenters. The summed E-state index contributed by atoms with van der Waals surface area (Å²) in [6.07, 6.45) is 7.86. The summed E-state index contributed by atoms with van der Waals surface area (Å²) in [7, 11) is 0. The highest BCUT2D eigenvalue weighted by atomic mass is 16.6.